The Bertz CT molecular complexity index is 699. The van der Waals surface area contributed by atoms with Crippen molar-refractivity contribution < 1.29 is 26.1 Å². The highest BCUT2D eigenvalue weighted by atomic mass is 32.2. The van der Waals surface area contributed by atoms with Crippen LogP contribution >= 0.6 is 0 Å². The van der Waals surface area contributed by atoms with Crippen LogP contribution in [-0.4, -0.2) is 41.5 Å². The van der Waals surface area contributed by atoms with Crippen molar-refractivity contribution in [1.82, 2.24) is 15.3 Å². The molecule has 0 spiro atoms. The summed E-state index contributed by atoms with van der Waals surface area (Å²) in [6.45, 7) is 2.16. The Morgan fingerprint density at radius 1 is 0.852 bits per heavy atom. The van der Waals surface area contributed by atoms with Crippen LogP contribution in [0.25, 0.3) is 0 Å². The van der Waals surface area contributed by atoms with E-state index in [1.165, 1.54) is 24.0 Å². The number of halogens is 3. The molecule has 2 N–H and O–H groups in total. The predicted octanol–water partition coefficient (Wildman–Crippen LogP) is 3.03. The van der Waals surface area contributed by atoms with Gasteiger partial charge in [-0.2, -0.15) is 21.6 Å². The highest BCUT2D eigenvalue weighted by Crippen LogP contribution is 2.20. The standard InChI is InChI=1S/C16H21N3.CHF3O3S/c1(3-15-5-11-18-12-6-15)9-17-10-2-4-16-7-13-19-14-8-16;2-1(3,4)8(5,6)7/h5-8,11-14,17H,1-4,9-10H2;(H,5,6,7). The maximum Gasteiger partial charge on any atom is 0.522 e. The molecular weight excluding hydrogens is 383 g/mol. The molecule has 0 aliphatic rings. The molecule has 0 bridgehead atoms. The predicted molar refractivity (Wildman–Crippen MR) is 95.6 cm³/mol. The second-order valence-electron chi connectivity index (χ2n) is 5.59. The van der Waals surface area contributed by atoms with Gasteiger partial charge in [0.1, 0.15) is 0 Å². The minimum Gasteiger partial charge on any atom is -0.317 e. The van der Waals surface area contributed by atoms with Gasteiger partial charge in [-0.1, -0.05) is 0 Å². The molecule has 2 rings (SSSR count). The lowest BCUT2D eigenvalue weighted by molar-refractivity contribution is -0.0510. The van der Waals surface area contributed by atoms with Gasteiger partial charge in [-0.3, -0.25) is 14.5 Å². The lowest BCUT2D eigenvalue weighted by Gasteiger charge is -2.05. The monoisotopic (exact) mass is 405 g/mol. The number of hydrogen-bond donors (Lipinski definition) is 2. The molecule has 150 valence electrons. The van der Waals surface area contributed by atoms with Gasteiger partial charge in [0.05, 0.1) is 0 Å². The van der Waals surface area contributed by atoms with Gasteiger partial charge < -0.3 is 5.32 Å². The first-order valence-corrected chi connectivity index (χ1v) is 9.66. The van der Waals surface area contributed by atoms with E-state index in [0.717, 1.165) is 25.9 Å². The molecular formula is C17H22F3N3O3S. The van der Waals surface area contributed by atoms with Crippen LogP contribution in [0.5, 0.6) is 0 Å². The van der Waals surface area contributed by atoms with Crippen molar-refractivity contribution in [3.8, 4) is 0 Å². The Morgan fingerprint density at radius 3 is 1.48 bits per heavy atom. The topological polar surface area (TPSA) is 92.2 Å². The van der Waals surface area contributed by atoms with Gasteiger partial charge in [-0.15, -0.1) is 0 Å². The number of aromatic nitrogens is 2. The van der Waals surface area contributed by atoms with Gasteiger partial charge in [0.25, 0.3) is 0 Å². The molecule has 0 aliphatic heterocycles. The van der Waals surface area contributed by atoms with Crippen LogP contribution in [0.1, 0.15) is 24.0 Å². The van der Waals surface area contributed by atoms with Crippen LogP contribution in [0.3, 0.4) is 0 Å². The fraction of sp³-hybridized carbons (Fsp3) is 0.412. The smallest absolute Gasteiger partial charge is 0.317 e. The van der Waals surface area contributed by atoms with Crippen molar-refractivity contribution in [3.05, 3.63) is 60.2 Å². The number of hydrogen-bond acceptors (Lipinski definition) is 5. The van der Waals surface area contributed by atoms with Gasteiger partial charge in [0.2, 0.25) is 0 Å². The SMILES string of the molecule is O=S(=O)(O)C(F)(F)F.c1cc(CCCNCCCc2ccncc2)ccn1. The Balaban J connectivity index is 0.000000387. The highest BCUT2D eigenvalue weighted by Gasteiger charge is 2.44. The van der Waals surface area contributed by atoms with E-state index >= 15 is 0 Å². The lowest BCUT2D eigenvalue weighted by Crippen LogP contribution is -2.21. The van der Waals surface area contributed by atoms with Gasteiger partial charge in [-0.25, -0.2) is 0 Å². The number of nitrogens with zero attached hydrogens (tertiary/aromatic N) is 2. The second kappa shape index (κ2) is 11.6. The fourth-order valence-corrected chi connectivity index (χ4v) is 2.06. The summed E-state index contributed by atoms with van der Waals surface area (Å²) in [4.78, 5) is 8.05. The molecule has 27 heavy (non-hydrogen) atoms. The fourth-order valence-electron chi connectivity index (χ4n) is 2.06. The van der Waals surface area contributed by atoms with E-state index < -0.39 is 15.6 Å². The van der Waals surface area contributed by atoms with Crippen molar-refractivity contribution in [2.45, 2.75) is 31.2 Å². The third-order valence-corrected chi connectivity index (χ3v) is 4.01. The third-order valence-electron chi connectivity index (χ3n) is 3.43. The zero-order valence-electron chi connectivity index (χ0n) is 14.6. The molecule has 0 atom stereocenters. The molecule has 10 heteroatoms. The van der Waals surface area contributed by atoms with E-state index in [-0.39, 0.29) is 0 Å². The summed E-state index contributed by atoms with van der Waals surface area (Å²) in [5.41, 5.74) is -2.80. The Kier molecular flexibility index (Phi) is 9.90. The van der Waals surface area contributed by atoms with Crippen molar-refractivity contribution in [3.63, 3.8) is 0 Å². The normalized spacial score (nSPS) is 11.6. The van der Waals surface area contributed by atoms with Crippen LogP contribution in [0.2, 0.25) is 0 Å². The maximum atomic E-state index is 10.7. The van der Waals surface area contributed by atoms with Gasteiger partial charge >= 0.3 is 15.6 Å². The van der Waals surface area contributed by atoms with E-state index in [1.807, 2.05) is 24.8 Å². The lowest BCUT2D eigenvalue weighted by atomic mass is 10.1. The Hall–Kier alpha value is -2.04. The molecule has 0 saturated heterocycles. The Labute approximate surface area is 156 Å². The van der Waals surface area contributed by atoms with Crippen molar-refractivity contribution in [2.24, 2.45) is 0 Å². The molecule has 2 aromatic rings. The summed E-state index contributed by atoms with van der Waals surface area (Å²) in [5, 5.41) is 3.49. The molecule has 0 saturated carbocycles. The first-order valence-electron chi connectivity index (χ1n) is 8.22. The summed E-state index contributed by atoms with van der Waals surface area (Å²) in [7, 11) is -5.84. The summed E-state index contributed by atoms with van der Waals surface area (Å²) >= 11 is 0. The average Bonchev–Trinajstić information content (AvgIpc) is 2.61. The summed E-state index contributed by atoms with van der Waals surface area (Å²) in [6, 6.07) is 8.35. The largest absolute Gasteiger partial charge is 0.522 e. The number of pyridine rings is 2. The van der Waals surface area contributed by atoms with Crippen molar-refractivity contribution in [1.29, 1.82) is 0 Å². The van der Waals surface area contributed by atoms with E-state index in [4.69, 9.17) is 13.0 Å². The number of nitrogens with one attached hydrogen (secondary N) is 1. The van der Waals surface area contributed by atoms with Gasteiger partial charge in [-0.05, 0) is 74.2 Å². The average molecular weight is 405 g/mol. The van der Waals surface area contributed by atoms with Crippen LogP contribution in [-0.2, 0) is 23.0 Å². The van der Waals surface area contributed by atoms with E-state index in [2.05, 4.69) is 39.6 Å². The summed E-state index contributed by atoms with van der Waals surface area (Å²) in [6.07, 6.45) is 12.0. The van der Waals surface area contributed by atoms with Crippen LogP contribution in [0.4, 0.5) is 13.2 Å². The molecule has 6 nitrogen and oxygen atoms in total. The number of rotatable bonds is 8. The quantitative estimate of drug-likeness (QED) is 0.398. The zero-order chi connectivity index (χ0) is 20.2. The van der Waals surface area contributed by atoms with E-state index in [1.54, 1.807) is 0 Å². The van der Waals surface area contributed by atoms with E-state index in [9.17, 15) is 13.2 Å². The molecule has 0 aromatic carbocycles. The Morgan fingerprint density at radius 2 is 1.19 bits per heavy atom. The summed E-state index contributed by atoms with van der Waals surface area (Å²) in [5.74, 6) is 0. The molecule has 2 aromatic heterocycles. The number of aryl methyl sites for hydroxylation is 2. The summed E-state index contributed by atoms with van der Waals surface area (Å²) < 4.78 is 57.5. The molecule has 2 heterocycles. The highest BCUT2D eigenvalue weighted by molar-refractivity contribution is 7.86. The minimum absolute atomic E-state index is 1.08. The zero-order valence-corrected chi connectivity index (χ0v) is 15.4. The first-order chi connectivity index (χ1) is 12.7. The van der Waals surface area contributed by atoms with Gasteiger partial charge in [0.15, 0.2) is 0 Å². The van der Waals surface area contributed by atoms with E-state index in [0.29, 0.717) is 0 Å². The molecule has 0 fully saturated rings. The molecule has 0 unspecified atom stereocenters. The maximum absolute atomic E-state index is 10.7. The molecule has 0 amide bonds. The van der Waals surface area contributed by atoms with Crippen LogP contribution < -0.4 is 5.32 Å². The van der Waals surface area contributed by atoms with Gasteiger partial charge in [0, 0.05) is 24.8 Å². The third kappa shape index (κ3) is 10.6. The molecule has 0 aliphatic carbocycles. The second-order valence-corrected chi connectivity index (χ2v) is 7.00. The molecule has 0 radical (unpaired) electrons. The van der Waals surface area contributed by atoms with Crippen molar-refractivity contribution >= 4 is 10.1 Å². The van der Waals surface area contributed by atoms with Crippen LogP contribution in [0.15, 0.2) is 49.1 Å². The number of alkyl halides is 3. The van der Waals surface area contributed by atoms with Crippen LogP contribution in [0, 0.1) is 0 Å². The minimum atomic E-state index is -5.84. The van der Waals surface area contributed by atoms with Crippen molar-refractivity contribution in [2.75, 3.05) is 13.1 Å². The first kappa shape index (κ1) is 23.0.